The Labute approximate surface area is 173 Å². The second-order valence-electron chi connectivity index (χ2n) is 6.29. The van der Waals surface area contributed by atoms with Crippen LogP contribution in [0.5, 0.6) is 0 Å². The third-order valence-corrected chi connectivity index (χ3v) is 4.60. The van der Waals surface area contributed by atoms with Gasteiger partial charge in [0.2, 0.25) is 0 Å². The van der Waals surface area contributed by atoms with Gasteiger partial charge in [-0.05, 0) is 36.4 Å². The molecule has 1 aromatic heterocycles. The van der Waals surface area contributed by atoms with E-state index >= 15 is 0 Å². The summed E-state index contributed by atoms with van der Waals surface area (Å²) in [5.41, 5.74) is 3.82. The van der Waals surface area contributed by atoms with Gasteiger partial charge in [0.15, 0.2) is 0 Å². The summed E-state index contributed by atoms with van der Waals surface area (Å²) < 4.78 is 0. The highest BCUT2D eigenvalue weighted by Crippen LogP contribution is 2.22. The third-order valence-electron chi connectivity index (χ3n) is 4.27. The van der Waals surface area contributed by atoms with Crippen LogP contribution in [-0.4, -0.2) is 15.9 Å². The van der Waals surface area contributed by atoms with Crippen LogP contribution in [0.25, 0.3) is 11.3 Å². The number of carbonyl (C=O) groups is 1. The first-order valence-corrected chi connectivity index (χ1v) is 9.37. The summed E-state index contributed by atoms with van der Waals surface area (Å²) in [5, 5.41) is 6.51. The topological polar surface area (TPSA) is 66.9 Å². The van der Waals surface area contributed by atoms with Gasteiger partial charge in [-0.3, -0.25) is 4.79 Å². The Morgan fingerprint density at radius 2 is 1.48 bits per heavy atom. The number of anilines is 3. The standard InChI is InChI=1S/C23H17ClN4O/c24-20-9-5-4-8-19(20)23(29)28-18-12-10-17(11-13-18)27-22-14-21(25-15-26-22)16-6-2-1-3-7-16/h1-15H,(H,28,29)(H,25,26,27). The number of carbonyl (C=O) groups excluding carboxylic acids is 1. The van der Waals surface area contributed by atoms with Crippen LogP contribution < -0.4 is 10.6 Å². The monoisotopic (exact) mass is 400 g/mol. The largest absolute Gasteiger partial charge is 0.340 e. The first-order valence-electron chi connectivity index (χ1n) is 8.99. The number of rotatable bonds is 5. The number of aromatic nitrogens is 2. The fraction of sp³-hybridized carbons (Fsp3) is 0. The molecule has 0 aliphatic heterocycles. The second-order valence-corrected chi connectivity index (χ2v) is 6.70. The lowest BCUT2D eigenvalue weighted by Gasteiger charge is -2.09. The summed E-state index contributed by atoms with van der Waals surface area (Å²) >= 11 is 6.07. The Kier molecular flexibility index (Phi) is 5.49. The molecule has 1 amide bonds. The van der Waals surface area contributed by atoms with Crippen LogP contribution in [0.2, 0.25) is 5.02 Å². The van der Waals surface area contributed by atoms with Crippen LogP contribution >= 0.6 is 11.6 Å². The van der Waals surface area contributed by atoms with Gasteiger partial charge in [-0.2, -0.15) is 0 Å². The number of hydrogen-bond donors (Lipinski definition) is 2. The van der Waals surface area contributed by atoms with Crippen molar-refractivity contribution in [3.8, 4) is 11.3 Å². The van der Waals surface area contributed by atoms with Crippen LogP contribution in [0.3, 0.4) is 0 Å². The van der Waals surface area contributed by atoms with Crippen molar-refractivity contribution in [2.75, 3.05) is 10.6 Å². The van der Waals surface area contributed by atoms with Crippen LogP contribution in [0.1, 0.15) is 10.4 Å². The minimum absolute atomic E-state index is 0.250. The summed E-state index contributed by atoms with van der Waals surface area (Å²) in [7, 11) is 0. The Morgan fingerprint density at radius 3 is 2.24 bits per heavy atom. The first-order chi connectivity index (χ1) is 14.2. The van der Waals surface area contributed by atoms with Gasteiger partial charge < -0.3 is 10.6 Å². The number of amides is 1. The number of nitrogens with one attached hydrogen (secondary N) is 2. The zero-order valence-electron chi connectivity index (χ0n) is 15.3. The Morgan fingerprint density at radius 1 is 0.793 bits per heavy atom. The van der Waals surface area contributed by atoms with E-state index in [9.17, 15) is 4.79 Å². The van der Waals surface area contributed by atoms with Crippen LogP contribution in [0.15, 0.2) is 91.3 Å². The van der Waals surface area contributed by atoms with E-state index in [1.54, 1.807) is 24.3 Å². The van der Waals surface area contributed by atoms with Gasteiger partial charge in [0.05, 0.1) is 16.3 Å². The van der Waals surface area contributed by atoms with E-state index in [0.29, 0.717) is 22.1 Å². The lowest BCUT2D eigenvalue weighted by Crippen LogP contribution is -2.12. The van der Waals surface area contributed by atoms with E-state index in [0.717, 1.165) is 16.9 Å². The van der Waals surface area contributed by atoms with E-state index in [1.807, 2.05) is 60.7 Å². The molecular formula is C23H17ClN4O. The molecule has 0 aliphatic rings. The predicted octanol–water partition coefficient (Wildman–Crippen LogP) is 5.79. The number of nitrogens with zero attached hydrogens (tertiary/aromatic N) is 2. The lowest BCUT2D eigenvalue weighted by molar-refractivity contribution is 0.102. The molecule has 0 radical (unpaired) electrons. The highest BCUT2D eigenvalue weighted by Gasteiger charge is 2.09. The maximum absolute atomic E-state index is 12.4. The minimum atomic E-state index is -0.250. The van der Waals surface area contributed by atoms with Crippen LogP contribution in [0, 0.1) is 0 Å². The normalized spacial score (nSPS) is 10.4. The fourth-order valence-electron chi connectivity index (χ4n) is 2.82. The number of halogens is 1. The van der Waals surface area contributed by atoms with Gasteiger partial charge in [0, 0.05) is 23.0 Å². The molecule has 0 atom stereocenters. The van der Waals surface area contributed by atoms with Crippen molar-refractivity contribution in [1.29, 1.82) is 0 Å². The van der Waals surface area contributed by atoms with E-state index < -0.39 is 0 Å². The summed E-state index contributed by atoms with van der Waals surface area (Å²) in [4.78, 5) is 21.0. The maximum Gasteiger partial charge on any atom is 0.257 e. The molecule has 6 heteroatoms. The molecule has 0 bridgehead atoms. The van der Waals surface area contributed by atoms with Crippen molar-refractivity contribution < 1.29 is 4.79 Å². The van der Waals surface area contributed by atoms with Crippen molar-refractivity contribution in [3.63, 3.8) is 0 Å². The van der Waals surface area contributed by atoms with Crippen molar-refractivity contribution in [2.24, 2.45) is 0 Å². The van der Waals surface area contributed by atoms with Crippen molar-refractivity contribution in [3.05, 3.63) is 102 Å². The Hall–Kier alpha value is -3.70. The number of benzene rings is 3. The van der Waals surface area contributed by atoms with E-state index in [1.165, 1.54) is 6.33 Å². The van der Waals surface area contributed by atoms with Gasteiger partial charge in [-0.1, -0.05) is 54.1 Å². The molecular weight excluding hydrogens is 384 g/mol. The van der Waals surface area contributed by atoms with Crippen molar-refractivity contribution >= 4 is 34.7 Å². The molecule has 4 aromatic rings. The second kappa shape index (κ2) is 8.54. The van der Waals surface area contributed by atoms with E-state index in [-0.39, 0.29) is 5.91 Å². The summed E-state index contributed by atoms with van der Waals surface area (Å²) in [6.45, 7) is 0. The zero-order chi connectivity index (χ0) is 20.1. The van der Waals surface area contributed by atoms with Crippen LogP contribution in [0.4, 0.5) is 17.2 Å². The van der Waals surface area contributed by atoms with E-state index in [2.05, 4.69) is 20.6 Å². The van der Waals surface area contributed by atoms with Crippen molar-refractivity contribution in [1.82, 2.24) is 9.97 Å². The molecule has 3 aromatic carbocycles. The first kappa shape index (κ1) is 18.7. The summed E-state index contributed by atoms with van der Waals surface area (Å²) in [5.74, 6) is 0.436. The molecule has 1 heterocycles. The zero-order valence-corrected chi connectivity index (χ0v) is 16.1. The molecule has 0 spiro atoms. The molecule has 2 N–H and O–H groups in total. The van der Waals surface area contributed by atoms with Crippen molar-refractivity contribution in [2.45, 2.75) is 0 Å². The van der Waals surface area contributed by atoms with Gasteiger partial charge in [0.1, 0.15) is 12.1 Å². The third kappa shape index (κ3) is 4.59. The minimum Gasteiger partial charge on any atom is -0.340 e. The lowest BCUT2D eigenvalue weighted by atomic mass is 10.1. The SMILES string of the molecule is O=C(Nc1ccc(Nc2cc(-c3ccccc3)ncn2)cc1)c1ccccc1Cl. The molecule has 0 fully saturated rings. The average Bonchev–Trinajstić information content (AvgIpc) is 2.76. The summed E-state index contributed by atoms with van der Waals surface area (Å²) in [6, 6.07) is 26.1. The smallest absolute Gasteiger partial charge is 0.257 e. The maximum atomic E-state index is 12.4. The highest BCUT2D eigenvalue weighted by molar-refractivity contribution is 6.34. The highest BCUT2D eigenvalue weighted by atomic mass is 35.5. The van der Waals surface area contributed by atoms with E-state index in [4.69, 9.17) is 11.6 Å². The molecule has 0 aliphatic carbocycles. The number of hydrogen-bond acceptors (Lipinski definition) is 4. The molecule has 0 unspecified atom stereocenters. The fourth-order valence-corrected chi connectivity index (χ4v) is 3.04. The molecule has 0 saturated carbocycles. The Balaban J connectivity index is 1.45. The predicted molar refractivity (Wildman–Crippen MR) is 117 cm³/mol. The van der Waals surface area contributed by atoms with Crippen LogP contribution in [-0.2, 0) is 0 Å². The molecule has 29 heavy (non-hydrogen) atoms. The quantitative estimate of drug-likeness (QED) is 0.444. The van der Waals surface area contributed by atoms with Gasteiger partial charge in [-0.15, -0.1) is 0 Å². The molecule has 4 rings (SSSR count). The summed E-state index contributed by atoms with van der Waals surface area (Å²) in [6.07, 6.45) is 1.53. The van der Waals surface area contributed by atoms with Gasteiger partial charge in [-0.25, -0.2) is 9.97 Å². The van der Waals surface area contributed by atoms with Gasteiger partial charge >= 0.3 is 0 Å². The average molecular weight is 401 g/mol. The molecule has 0 saturated heterocycles. The van der Waals surface area contributed by atoms with Gasteiger partial charge in [0.25, 0.3) is 5.91 Å². The molecule has 5 nitrogen and oxygen atoms in total. The Bertz CT molecular complexity index is 1130. The molecule has 142 valence electrons.